The fourth-order valence-electron chi connectivity index (χ4n) is 2.76. The highest BCUT2D eigenvalue weighted by atomic mass is 16.2. The maximum absolute atomic E-state index is 12.0. The first kappa shape index (κ1) is 21.3. The van der Waals surface area contributed by atoms with E-state index in [1.165, 1.54) is 0 Å². The molecule has 0 aliphatic heterocycles. The van der Waals surface area contributed by atoms with Gasteiger partial charge in [-0.3, -0.25) is 19.2 Å². The summed E-state index contributed by atoms with van der Waals surface area (Å²) < 4.78 is 0. The summed E-state index contributed by atoms with van der Waals surface area (Å²) in [7, 11) is 0. The molecule has 6 nitrogen and oxygen atoms in total. The van der Waals surface area contributed by atoms with Crippen molar-refractivity contribution in [3.8, 4) is 0 Å². The molecule has 1 saturated carbocycles. The number of Topliss-reactive ketones (excluding diaryl/α,β-unsaturated/α-hetero) is 2. The van der Waals surface area contributed by atoms with E-state index in [4.69, 9.17) is 0 Å². The minimum absolute atomic E-state index is 0.00181. The van der Waals surface area contributed by atoms with Crippen LogP contribution in [0.2, 0.25) is 0 Å². The Morgan fingerprint density at radius 2 is 1.20 bits per heavy atom. The Morgan fingerprint density at radius 3 is 1.64 bits per heavy atom. The molecule has 0 spiro atoms. The fourth-order valence-corrected chi connectivity index (χ4v) is 2.76. The molecular formula is C19H32N2O4. The summed E-state index contributed by atoms with van der Waals surface area (Å²) in [5.41, 5.74) is -1.35. The van der Waals surface area contributed by atoms with Crippen molar-refractivity contribution in [1.29, 1.82) is 0 Å². The van der Waals surface area contributed by atoms with E-state index in [9.17, 15) is 19.2 Å². The van der Waals surface area contributed by atoms with Crippen molar-refractivity contribution in [1.82, 2.24) is 10.6 Å². The molecule has 0 aromatic rings. The predicted molar refractivity (Wildman–Crippen MR) is 95.8 cm³/mol. The third kappa shape index (κ3) is 6.59. The summed E-state index contributed by atoms with van der Waals surface area (Å²) in [4.78, 5) is 47.6. The molecule has 0 saturated heterocycles. The molecule has 25 heavy (non-hydrogen) atoms. The van der Waals surface area contributed by atoms with Crippen molar-refractivity contribution in [2.24, 2.45) is 16.7 Å². The lowest BCUT2D eigenvalue weighted by molar-refractivity contribution is -0.143. The number of hydrogen-bond donors (Lipinski definition) is 2. The average molecular weight is 352 g/mol. The Bertz CT molecular complexity index is 533. The average Bonchev–Trinajstić information content (AvgIpc) is 2.50. The SMILES string of the molecule is CC(C)(C)C(=O)C(=O)NCC1CCC(NC(=O)C(=O)C(C)(C)C)CC1. The van der Waals surface area contributed by atoms with Crippen molar-refractivity contribution in [2.45, 2.75) is 73.3 Å². The molecule has 0 unspecified atom stereocenters. The van der Waals surface area contributed by atoms with E-state index >= 15 is 0 Å². The molecule has 0 bridgehead atoms. The summed E-state index contributed by atoms with van der Waals surface area (Å²) in [6.07, 6.45) is 3.24. The molecule has 0 aromatic carbocycles. The van der Waals surface area contributed by atoms with E-state index in [2.05, 4.69) is 10.6 Å². The monoisotopic (exact) mass is 352 g/mol. The van der Waals surface area contributed by atoms with Crippen molar-refractivity contribution in [2.75, 3.05) is 6.54 Å². The number of carbonyl (C=O) groups excluding carboxylic acids is 4. The lowest BCUT2D eigenvalue weighted by Gasteiger charge is -2.30. The molecule has 0 heterocycles. The Balaban J connectivity index is 2.37. The van der Waals surface area contributed by atoms with Crippen LogP contribution in [0.5, 0.6) is 0 Å². The van der Waals surface area contributed by atoms with Crippen LogP contribution in [0, 0.1) is 16.7 Å². The summed E-state index contributed by atoms with van der Waals surface area (Å²) >= 11 is 0. The molecule has 2 N–H and O–H groups in total. The van der Waals surface area contributed by atoms with Gasteiger partial charge in [-0.25, -0.2) is 0 Å². The fraction of sp³-hybridized carbons (Fsp3) is 0.789. The van der Waals surface area contributed by atoms with Crippen LogP contribution >= 0.6 is 0 Å². The number of hydrogen-bond acceptors (Lipinski definition) is 4. The minimum Gasteiger partial charge on any atom is -0.349 e. The van der Waals surface area contributed by atoms with Gasteiger partial charge in [0.15, 0.2) is 0 Å². The molecule has 142 valence electrons. The van der Waals surface area contributed by atoms with E-state index in [1.54, 1.807) is 41.5 Å². The highest BCUT2D eigenvalue weighted by Gasteiger charge is 2.32. The highest BCUT2D eigenvalue weighted by molar-refractivity contribution is 6.38. The van der Waals surface area contributed by atoms with Gasteiger partial charge in [0.1, 0.15) is 0 Å². The van der Waals surface area contributed by atoms with Gasteiger partial charge in [-0.05, 0) is 31.6 Å². The topological polar surface area (TPSA) is 92.3 Å². The number of ketones is 2. The maximum atomic E-state index is 12.0. The zero-order valence-corrected chi connectivity index (χ0v) is 16.3. The second-order valence-corrected chi connectivity index (χ2v) is 9.06. The lowest BCUT2D eigenvalue weighted by atomic mass is 9.85. The van der Waals surface area contributed by atoms with Gasteiger partial charge in [-0.15, -0.1) is 0 Å². The van der Waals surface area contributed by atoms with Crippen molar-refractivity contribution >= 4 is 23.4 Å². The predicted octanol–water partition coefficient (Wildman–Crippen LogP) is 2.01. The van der Waals surface area contributed by atoms with Gasteiger partial charge in [0.05, 0.1) is 0 Å². The van der Waals surface area contributed by atoms with Gasteiger partial charge < -0.3 is 10.6 Å². The largest absolute Gasteiger partial charge is 0.349 e. The van der Waals surface area contributed by atoms with Gasteiger partial charge in [0.2, 0.25) is 11.6 Å². The number of rotatable bonds is 5. The first-order valence-electron chi connectivity index (χ1n) is 9.00. The lowest BCUT2D eigenvalue weighted by Crippen LogP contribution is -2.46. The summed E-state index contributed by atoms with van der Waals surface area (Å²) in [5.74, 6) is -1.56. The molecule has 2 amide bonds. The third-order valence-electron chi connectivity index (χ3n) is 4.51. The van der Waals surface area contributed by atoms with Crippen LogP contribution in [-0.4, -0.2) is 36.0 Å². The second kappa shape index (κ2) is 8.11. The molecule has 1 aliphatic rings. The van der Waals surface area contributed by atoms with Gasteiger partial charge in [0, 0.05) is 23.4 Å². The zero-order chi connectivity index (χ0) is 19.4. The van der Waals surface area contributed by atoms with Crippen LogP contribution in [0.25, 0.3) is 0 Å². The van der Waals surface area contributed by atoms with Crippen LogP contribution in [0.3, 0.4) is 0 Å². The molecule has 0 radical (unpaired) electrons. The summed E-state index contributed by atoms with van der Waals surface area (Å²) in [6.45, 7) is 10.8. The zero-order valence-electron chi connectivity index (χ0n) is 16.3. The van der Waals surface area contributed by atoms with Crippen LogP contribution in [-0.2, 0) is 19.2 Å². The first-order valence-corrected chi connectivity index (χ1v) is 9.00. The minimum atomic E-state index is -0.675. The van der Waals surface area contributed by atoms with Gasteiger partial charge in [0.25, 0.3) is 11.8 Å². The van der Waals surface area contributed by atoms with Gasteiger partial charge in [-0.2, -0.15) is 0 Å². The first-order chi connectivity index (χ1) is 11.3. The Morgan fingerprint density at radius 1 is 0.760 bits per heavy atom. The van der Waals surface area contributed by atoms with E-state index in [0.717, 1.165) is 25.7 Å². The van der Waals surface area contributed by atoms with E-state index in [-0.39, 0.29) is 6.04 Å². The molecule has 0 aromatic heterocycles. The second-order valence-electron chi connectivity index (χ2n) is 9.06. The van der Waals surface area contributed by atoms with Crippen LogP contribution in [0.1, 0.15) is 67.2 Å². The molecule has 1 fully saturated rings. The molecule has 1 aliphatic carbocycles. The number of amides is 2. The summed E-state index contributed by atoms with van der Waals surface area (Å²) in [6, 6.07) is 0.00181. The van der Waals surface area contributed by atoms with Crippen molar-refractivity contribution in [3.05, 3.63) is 0 Å². The molecule has 0 atom stereocenters. The Kier molecular flexibility index (Phi) is 6.91. The quantitative estimate of drug-likeness (QED) is 0.740. The van der Waals surface area contributed by atoms with E-state index in [0.29, 0.717) is 12.5 Å². The van der Waals surface area contributed by atoms with E-state index in [1.807, 2.05) is 0 Å². The van der Waals surface area contributed by atoms with Gasteiger partial charge in [-0.1, -0.05) is 41.5 Å². The van der Waals surface area contributed by atoms with E-state index < -0.39 is 34.2 Å². The molecule has 1 rings (SSSR count). The normalized spacial score (nSPS) is 21.4. The van der Waals surface area contributed by atoms with Crippen molar-refractivity contribution in [3.63, 3.8) is 0 Å². The van der Waals surface area contributed by atoms with Gasteiger partial charge >= 0.3 is 0 Å². The van der Waals surface area contributed by atoms with Crippen molar-refractivity contribution < 1.29 is 19.2 Å². The maximum Gasteiger partial charge on any atom is 0.288 e. The third-order valence-corrected chi connectivity index (χ3v) is 4.51. The smallest absolute Gasteiger partial charge is 0.288 e. The standard InChI is InChI=1S/C19H32N2O4/c1-18(2,3)14(22)16(24)20-11-12-7-9-13(10-8-12)21-17(25)15(23)19(4,5)6/h12-13H,7-11H2,1-6H3,(H,20,24)(H,21,25). The number of carbonyl (C=O) groups is 4. The summed E-state index contributed by atoms with van der Waals surface area (Å²) in [5, 5.41) is 5.54. The Hall–Kier alpha value is -1.72. The number of nitrogens with one attached hydrogen (secondary N) is 2. The van der Waals surface area contributed by atoms with Crippen LogP contribution in [0.4, 0.5) is 0 Å². The molecule has 6 heteroatoms. The Labute approximate surface area is 150 Å². The molecular weight excluding hydrogens is 320 g/mol. The van der Waals surface area contributed by atoms with Crippen LogP contribution < -0.4 is 10.6 Å². The van der Waals surface area contributed by atoms with Crippen LogP contribution in [0.15, 0.2) is 0 Å². The highest BCUT2D eigenvalue weighted by Crippen LogP contribution is 2.24.